The van der Waals surface area contributed by atoms with Gasteiger partial charge in [-0.1, -0.05) is 24.6 Å². The Balaban J connectivity index is 1.12. The number of aryl methyl sites for hydroxylation is 2. The van der Waals surface area contributed by atoms with Crippen LogP contribution < -0.4 is 10.1 Å². The maximum atomic E-state index is 13.2. The molecular weight excluding hydrogens is 444 g/mol. The summed E-state index contributed by atoms with van der Waals surface area (Å²) >= 11 is 0. The molecule has 0 aliphatic carbocycles. The number of hydrogen-bond acceptors (Lipinski definition) is 6. The summed E-state index contributed by atoms with van der Waals surface area (Å²) in [6.45, 7) is 4.38. The molecule has 0 unspecified atom stereocenters. The van der Waals surface area contributed by atoms with Gasteiger partial charge in [0.25, 0.3) is 0 Å². The van der Waals surface area contributed by atoms with Crippen LogP contribution in [-0.4, -0.2) is 82.3 Å². The van der Waals surface area contributed by atoms with Gasteiger partial charge in [0.15, 0.2) is 0 Å². The van der Waals surface area contributed by atoms with E-state index in [0.717, 1.165) is 63.2 Å². The number of benzene rings is 1. The van der Waals surface area contributed by atoms with Crippen molar-refractivity contribution in [1.82, 2.24) is 29.9 Å². The molecule has 0 saturated carbocycles. The second kappa shape index (κ2) is 10.4. The number of carbonyl (C=O) groups excluding carboxylic acids is 2. The van der Waals surface area contributed by atoms with Crippen molar-refractivity contribution in [2.75, 3.05) is 45.9 Å². The molecule has 35 heavy (non-hydrogen) atoms. The van der Waals surface area contributed by atoms with Crippen LogP contribution in [0.4, 0.5) is 0 Å². The van der Waals surface area contributed by atoms with Crippen LogP contribution in [0.5, 0.6) is 5.75 Å². The molecule has 188 valence electrons. The number of carbonyl (C=O) groups is 2. The van der Waals surface area contributed by atoms with Crippen LogP contribution in [0.1, 0.15) is 49.4 Å². The number of piperidine rings is 1. The highest BCUT2D eigenvalue weighted by atomic mass is 16.5. The van der Waals surface area contributed by atoms with E-state index in [0.29, 0.717) is 32.8 Å². The molecule has 9 heteroatoms. The number of para-hydroxylation sites is 1. The van der Waals surface area contributed by atoms with Gasteiger partial charge in [-0.05, 0) is 56.8 Å². The summed E-state index contributed by atoms with van der Waals surface area (Å²) in [5.74, 6) is 2.46. The Morgan fingerprint density at radius 3 is 2.74 bits per heavy atom. The monoisotopic (exact) mass is 480 g/mol. The average Bonchev–Trinajstić information content (AvgIpc) is 3.25. The maximum absolute atomic E-state index is 13.2. The number of aromatic nitrogens is 3. The largest absolute Gasteiger partial charge is 0.491 e. The minimum Gasteiger partial charge on any atom is -0.491 e. The Hall–Kier alpha value is -2.94. The molecule has 2 amide bonds. The standard InChI is InChI=1S/C26H36N6O3/c1-30-19-28-29-24(30)21-16-32(17-21)23(33)18-31-13-10-26(11-14-31)9-5-4-7-20-6-2-3-8-22(20)35-15-12-27-25(26)34/h2-3,6,8,19,21H,4-5,7,9-18H2,1H3,(H,27,34). The van der Waals surface area contributed by atoms with E-state index in [1.807, 2.05) is 28.6 Å². The minimum absolute atomic E-state index is 0.148. The molecule has 1 spiro atoms. The summed E-state index contributed by atoms with van der Waals surface area (Å²) < 4.78 is 7.87. The van der Waals surface area contributed by atoms with Gasteiger partial charge in [-0.3, -0.25) is 14.5 Å². The Morgan fingerprint density at radius 2 is 1.97 bits per heavy atom. The smallest absolute Gasteiger partial charge is 0.236 e. The number of ether oxygens (including phenoxy) is 1. The van der Waals surface area contributed by atoms with E-state index in [1.165, 1.54) is 5.56 Å². The summed E-state index contributed by atoms with van der Waals surface area (Å²) in [6.07, 6.45) is 7.22. The molecule has 5 rings (SSSR count). The molecule has 1 aromatic carbocycles. The second-order valence-corrected chi connectivity index (χ2v) is 10.3. The lowest BCUT2D eigenvalue weighted by Crippen LogP contribution is -2.54. The van der Waals surface area contributed by atoms with E-state index < -0.39 is 0 Å². The van der Waals surface area contributed by atoms with Crippen LogP contribution >= 0.6 is 0 Å². The van der Waals surface area contributed by atoms with Crippen molar-refractivity contribution in [1.29, 1.82) is 0 Å². The topological polar surface area (TPSA) is 92.6 Å². The highest BCUT2D eigenvalue weighted by Gasteiger charge is 2.42. The van der Waals surface area contributed by atoms with Crippen molar-refractivity contribution >= 4 is 11.8 Å². The van der Waals surface area contributed by atoms with Crippen LogP contribution in [0.25, 0.3) is 0 Å². The summed E-state index contributed by atoms with van der Waals surface area (Å²) in [6, 6.07) is 8.20. The van der Waals surface area contributed by atoms with Gasteiger partial charge in [-0.25, -0.2) is 0 Å². The predicted octanol–water partition coefficient (Wildman–Crippen LogP) is 1.74. The lowest BCUT2D eigenvalue weighted by Gasteiger charge is -2.43. The lowest BCUT2D eigenvalue weighted by molar-refractivity contribution is -0.139. The molecule has 0 atom stereocenters. The van der Waals surface area contributed by atoms with Gasteiger partial charge in [0.05, 0.1) is 24.4 Å². The molecule has 1 aromatic heterocycles. The van der Waals surface area contributed by atoms with Gasteiger partial charge in [0.2, 0.25) is 11.8 Å². The van der Waals surface area contributed by atoms with Crippen molar-refractivity contribution < 1.29 is 14.3 Å². The summed E-state index contributed by atoms with van der Waals surface area (Å²) in [7, 11) is 1.94. The van der Waals surface area contributed by atoms with Crippen molar-refractivity contribution in [3.8, 4) is 5.75 Å². The van der Waals surface area contributed by atoms with E-state index >= 15 is 0 Å². The van der Waals surface area contributed by atoms with Gasteiger partial charge < -0.3 is 19.5 Å². The number of hydrogen-bond donors (Lipinski definition) is 1. The van der Waals surface area contributed by atoms with E-state index in [-0.39, 0.29) is 23.1 Å². The molecule has 3 aliphatic rings. The number of amides is 2. The van der Waals surface area contributed by atoms with E-state index in [2.05, 4.69) is 32.5 Å². The van der Waals surface area contributed by atoms with E-state index in [1.54, 1.807) is 6.33 Å². The normalized spacial score (nSPS) is 21.7. The molecule has 4 heterocycles. The number of nitrogens with one attached hydrogen (secondary N) is 1. The Morgan fingerprint density at radius 1 is 1.17 bits per heavy atom. The predicted molar refractivity (Wildman–Crippen MR) is 131 cm³/mol. The van der Waals surface area contributed by atoms with Crippen molar-refractivity contribution in [3.05, 3.63) is 42.0 Å². The van der Waals surface area contributed by atoms with Gasteiger partial charge in [-0.15, -0.1) is 10.2 Å². The SMILES string of the molecule is Cn1cnnc1C1CN(C(=O)CN2CCC3(CCCCc4ccccc4OCCNC3=O)CC2)C1. The lowest BCUT2D eigenvalue weighted by atomic mass is 9.73. The molecule has 9 nitrogen and oxygen atoms in total. The zero-order valence-electron chi connectivity index (χ0n) is 20.6. The fourth-order valence-electron chi connectivity index (χ4n) is 5.67. The Kier molecular flexibility index (Phi) is 7.04. The maximum Gasteiger partial charge on any atom is 0.236 e. The first-order valence-corrected chi connectivity index (χ1v) is 12.9. The molecular formula is C26H36N6O3. The first-order chi connectivity index (χ1) is 17.0. The molecule has 0 radical (unpaired) electrons. The highest BCUT2D eigenvalue weighted by Crippen LogP contribution is 2.38. The zero-order valence-corrected chi connectivity index (χ0v) is 20.6. The minimum atomic E-state index is -0.342. The van der Waals surface area contributed by atoms with E-state index in [4.69, 9.17) is 4.74 Å². The molecule has 0 bridgehead atoms. The number of fused-ring (bicyclic) bond motifs is 1. The van der Waals surface area contributed by atoms with E-state index in [9.17, 15) is 9.59 Å². The quantitative estimate of drug-likeness (QED) is 0.720. The third-order valence-corrected chi connectivity index (χ3v) is 7.97. The van der Waals surface area contributed by atoms with Gasteiger partial charge in [-0.2, -0.15) is 0 Å². The van der Waals surface area contributed by atoms with Gasteiger partial charge in [0.1, 0.15) is 24.5 Å². The molecule has 1 N–H and O–H groups in total. The van der Waals surface area contributed by atoms with Crippen LogP contribution in [0, 0.1) is 5.41 Å². The average molecular weight is 481 g/mol. The summed E-state index contributed by atoms with van der Waals surface area (Å²) in [5.41, 5.74) is 0.903. The van der Waals surface area contributed by atoms with Crippen LogP contribution in [0.15, 0.2) is 30.6 Å². The van der Waals surface area contributed by atoms with Crippen molar-refractivity contribution in [2.24, 2.45) is 12.5 Å². The van der Waals surface area contributed by atoms with Crippen molar-refractivity contribution in [2.45, 2.75) is 44.4 Å². The zero-order chi connectivity index (χ0) is 24.3. The number of rotatable bonds is 3. The third-order valence-electron chi connectivity index (χ3n) is 7.97. The number of nitrogens with zero attached hydrogens (tertiary/aromatic N) is 5. The van der Waals surface area contributed by atoms with Gasteiger partial charge >= 0.3 is 0 Å². The third kappa shape index (κ3) is 5.19. The highest BCUT2D eigenvalue weighted by molar-refractivity contribution is 5.83. The number of likely N-dealkylation sites (tertiary alicyclic amines) is 2. The Labute approximate surface area is 206 Å². The van der Waals surface area contributed by atoms with Crippen LogP contribution in [0.3, 0.4) is 0 Å². The molecule has 2 fully saturated rings. The molecule has 3 aliphatic heterocycles. The van der Waals surface area contributed by atoms with Crippen LogP contribution in [0.2, 0.25) is 0 Å². The summed E-state index contributed by atoms with van der Waals surface area (Å²) in [4.78, 5) is 30.2. The molecule has 2 aromatic rings. The molecule has 2 saturated heterocycles. The second-order valence-electron chi connectivity index (χ2n) is 10.3. The Bertz CT molecular complexity index is 1040. The van der Waals surface area contributed by atoms with Crippen molar-refractivity contribution in [3.63, 3.8) is 0 Å². The summed E-state index contributed by atoms with van der Waals surface area (Å²) in [5, 5.41) is 11.2. The fraction of sp³-hybridized carbons (Fsp3) is 0.615. The van der Waals surface area contributed by atoms with Crippen LogP contribution in [-0.2, 0) is 23.1 Å². The van der Waals surface area contributed by atoms with Gasteiger partial charge in [0, 0.05) is 20.1 Å². The fourth-order valence-corrected chi connectivity index (χ4v) is 5.67. The first kappa shape index (κ1) is 23.8. The first-order valence-electron chi connectivity index (χ1n) is 12.9.